The average Bonchev–Trinajstić information content (AvgIpc) is 2.67. The normalized spacial score (nSPS) is 19.5. The van der Waals surface area contributed by atoms with Crippen LogP contribution in [-0.2, 0) is 16.4 Å². The van der Waals surface area contributed by atoms with Crippen LogP contribution in [0.1, 0.15) is 57.0 Å². The molecule has 0 spiro atoms. The summed E-state index contributed by atoms with van der Waals surface area (Å²) in [5, 5.41) is 6.24. The van der Waals surface area contributed by atoms with Crippen molar-refractivity contribution >= 4 is 21.7 Å². The van der Waals surface area contributed by atoms with Crippen molar-refractivity contribution in [3.05, 3.63) is 35.4 Å². The fourth-order valence-corrected chi connectivity index (χ4v) is 4.50. The maximum Gasteiger partial charge on any atom is 0.251 e. The molecule has 0 aromatic heterocycles. The summed E-state index contributed by atoms with van der Waals surface area (Å²) in [6, 6.07) is 7.59. The molecule has 1 unspecified atom stereocenters. The van der Waals surface area contributed by atoms with Gasteiger partial charge in [-0.15, -0.1) is 0 Å². The minimum atomic E-state index is -3.11. The van der Waals surface area contributed by atoms with Gasteiger partial charge in [0.1, 0.15) is 0 Å². The van der Waals surface area contributed by atoms with Crippen molar-refractivity contribution in [2.75, 3.05) is 25.4 Å². The Morgan fingerprint density at radius 3 is 2.66 bits per heavy atom. The molecule has 0 aliphatic carbocycles. The summed E-state index contributed by atoms with van der Waals surface area (Å²) >= 11 is 0. The van der Waals surface area contributed by atoms with Crippen molar-refractivity contribution in [1.29, 1.82) is 0 Å². The van der Waals surface area contributed by atoms with Gasteiger partial charge in [-0.2, -0.15) is 0 Å². The maximum atomic E-state index is 12.4. The summed E-state index contributed by atoms with van der Waals surface area (Å²) in [7, 11) is -3.11. The van der Waals surface area contributed by atoms with Crippen molar-refractivity contribution in [2.24, 2.45) is 4.99 Å². The number of hydrogen-bond acceptors (Lipinski definition) is 4. The highest BCUT2D eigenvalue weighted by Gasteiger charge is 2.40. The van der Waals surface area contributed by atoms with Gasteiger partial charge >= 0.3 is 0 Å². The fourth-order valence-electron chi connectivity index (χ4n) is 3.14. The van der Waals surface area contributed by atoms with Gasteiger partial charge in [0.25, 0.3) is 5.91 Å². The number of aliphatic imine (C=N–C) groups is 1. The van der Waals surface area contributed by atoms with E-state index in [2.05, 4.69) is 10.6 Å². The number of guanidine groups is 1. The standard InChI is InChI=1S/C21H34N4O3S/c1-6-16(3)24-19(26)18-10-8-9-17(13-18)14-23-20(22-7-2)25-11-12-29(27,28)21(4,5)15-25/h8-10,13,16H,6-7,11-12,14-15H2,1-5H3,(H,22,23)(H,24,26). The largest absolute Gasteiger partial charge is 0.357 e. The number of nitrogens with one attached hydrogen (secondary N) is 2. The third-order valence-electron chi connectivity index (χ3n) is 5.27. The van der Waals surface area contributed by atoms with Crippen molar-refractivity contribution in [1.82, 2.24) is 15.5 Å². The number of sulfone groups is 1. The molecule has 1 aliphatic heterocycles. The lowest BCUT2D eigenvalue weighted by atomic mass is 10.1. The molecule has 0 radical (unpaired) electrons. The Kier molecular flexibility index (Phi) is 7.68. The minimum absolute atomic E-state index is 0.0833. The molecule has 162 valence electrons. The molecule has 0 bridgehead atoms. The molecular weight excluding hydrogens is 388 g/mol. The van der Waals surface area contributed by atoms with Crippen LogP contribution in [0, 0.1) is 0 Å². The van der Waals surface area contributed by atoms with E-state index in [0.29, 0.717) is 37.7 Å². The van der Waals surface area contributed by atoms with E-state index in [1.807, 2.05) is 43.9 Å². The zero-order chi connectivity index (χ0) is 21.7. The summed E-state index contributed by atoms with van der Waals surface area (Å²) in [5.41, 5.74) is 1.55. The average molecular weight is 423 g/mol. The molecule has 7 nitrogen and oxygen atoms in total. The van der Waals surface area contributed by atoms with E-state index in [1.165, 1.54) is 0 Å². The Balaban J connectivity index is 2.15. The van der Waals surface area contributed by atoms with Crippen LogP contribution in [-0.4, -0.2) is 61.4 Å². The zero-order valence-electron chi connectivity index (χ0n) is 18.2. The van der Waals surface area contributed by atoms with Gasteiger partial charge in [-0.05, 0) is 51.8 Å². The summed E-state index contributed by atoms with van der Waals surface area (Å²) in [5.74, 6) is 0.736. The summed E-state index contributed by atoms with van der Waals surface area (Å²) in [4.78, 5) is 19.1. The van der Waals surface area contributed by atoms with Crippen molar-refractivity contribution in [2.45, 2.75) is 58.4 Å². The summed E-state index contributed by atoms with van der Waals surface area (Å²) < 4.78 is 23.8. The van der Waals surface area contributed by atoms with Crippen LogP contribution in [0.4, 0.5) is 0 Å². The topological polar surface area (TPSA) is 90.9 Å². The molecule has 0 saturated carbocycles. The summed E-state index contributed by atoms with van der Waals surface area (Å²) in [6.45, 7) is 11.5. The van der Waals surface area contributed by atoms with Crippen molar-refractivity contribution in [3.63, 3.8) is 0 Å². The summed E-state index contributed by atoms with van der Waals surface area (Å²) in [6.07, 6.45) is 0.879. The fraction of sp³-hybridized carbons (Fsp3) is 0.619. The van der Waals surface area contributed by atoms with Gasteiger partial charge in [0, 0.05) is 31.2 Å². The highest BCUT2D eigenvalue weighted by Crippen LogP contribution is 2.23. The van der Waals surface area contributed by atoms with Crippen molar-refractivity contribution < 1.29 is 13.2 Å². The van der Waals surface area contributed by atoms with E-state index in [0.717, 1.165) is 12.0 Å². The molecular formula is C21H34N4O3S. The Labute approximate surface area is 174 Å². The lowest BCUT2D eigenvalue weighted by molar-refractivity contribution is 0.0939. The highest BCUT2D eigenvalue weighted by molar-refractivity contribution is 7.92. The van der Waals surface area contributed by atoms with Gasteiger partial charge < -0.3 is 15.5 Å². The lowest BCUT2D eigenvalue weighted by Crippen LogP contribution is -2.57. The quantitative estimate of drug-likeness (QED) is 0.542. The smallest absolute Gasteiger partial charge is 0.251 e. The van der Waals surface area contributed by atoms with Gasteiger partial charge in [0.2, 0.25) is 0 Å². The van der Waals surface area contributed by atoms with Crippen LogP contribution in [0.15, 0.2) is 29.3 Å². The van der Waals surface area contributed by atoms with Crippen LogP contribution in [0.5, 0.6) is 0 Å². The van der Waals surface area contributed by atoms with E-state index in [9.17, 15) is 13.2 Å². The third-order valence-corrected chi connectivity index (χ3v) is 7.80. The molecule has 1 fully saturated rings. The number of hydrogen-bond donors (Lipinski definition) is 2. The number of rotatable bonds is 6. The third kappa shape index (κ3) is 5.95. The van der Waals surface area contributed by atoms with Crippen LogP contribution in [0.2, 0.25) is 0 Å². The van der Waals surface area contributed by atoms with E-state index < -0.39 is 14.6 Å². The predicted molar refractivity (Wildman–Crippen MR) is 118 cm³/mol. The SMILES string of the molecule is CCNC(=NCc1cccc(C(=O)NC(C)CC)c1)N1CCS(=O)(=O)C(C)(C)C1. The molecule has 1 atom stereocenters. The molecule has 2 N–H and O–H groups in total. The maximum absolute atomic E-state index is 12.4. The molecule has 8 heteroatoms. The van der Waals surface area contributed by atoms with Gasteiger partial charge in [-0.1, -0.05) is 19.1 Å². The molecule has 1 aromatic carbocycles. The molecule has 1 aliphatic rings. The van der Waals surface area contributed by atoms with Crippen LogP contribution >= 0.6 is 0 Å². The first-order valence-electron chi connectivity index (χ1n) is 10.2. The molecule has 1 amide bonds. The number of benzene rings is 1. The molecule has 1 aromatic rings. The second-order valence-corrected chi connectivity index (χ2v) is 10.9. The van der Waals surface area contributed by atoms with E-state index >= 15 is 0 Å². The minimum Gasteiger partial charge on any atom is -0.357 e. The highest BCUT2D eigenvalue weighted by atomic mass is 32.2. The Hall–Kier alpha value is -2.09. The van der Waals surface area contributed by atoms with Gasteiger partial charge in [-0.25, -0.2) is 13.4 Å². The first-order valence-corrected chi connectivity index (χ1v) is 11.9. The molecule has 1 heterocycles. The van der Waals surface area contributed by atoms with Crippen molar-refractivity contribution in [3.8, 4) is 0 Å². The zero-order valence-corrected chi connectivity index (χ0v) is 19.0. The monoisotopic (exact) mass is 422 g/mol. The molecule has 1 saturated heterocycles. The van der Waals surface area contributed by atoms with E-state index in [-0.39, 0.29) is 17.7 Å². The van der Waals surface area contributed by atoms with Crippen LogP contribution < -0.4 is 10.6 Å². The van der Waals surface area contributed by atoms with Crippen LogP contribution in [0.3, 0.4) is 0 Å². The molecule has 29 heavy (non-hydrogen) atoms. The van der Waals surface area contributed by atoms with E-state index in [4.69, 9.17) is 4.99 Å². The second kappa shape index (κ2) is 9.61. The van der Waals surface area contributed by atoms with E-state index in [1.54, 1.807) is 19.9 Å². The molecule has 2 rings (SSSR count). The van der Waals surface area contributed by atoms with Gasteiger partial charge in [0.05, 0.1) is 17.0 Å². The lowest BCUT2D eigenvalue weighted by Gasteiger charge is -2.39. The number of carbonyl (C=O) groups excluding carboxylic acids is 1. The first-order chi connectivity index (χ1) is 13.6. The predicted octanol–water partition coefficient (Wildman–Crippen LogP) is 2.19. The Morgan fingerprint density at radius 2 is 2.03 bits per heavy atom. The number of amides is 1. The number of carbonyl (C=O) groups is 1. The van der Waals surface area contributed by atoms with Gasteiger partial charge in [0.15, 0.2) is 15.8 Å². The first kappa shape index (κ1) is 23.2. The number of nitrogens with zero attached hydrogens (tertiary/aromatic N) is 2. The Morgan fingerprint density at radius 1 is 1.31 bits per heavy atom. The second-order valence-electron chi connectivity index (χ2n) is 8.15. The van der Waals surface area contributed by atoms with Crippen LogP contribution in [0.25, 0.3) is 0 Å². The Bertz CT molecular complexity index is 849. The van der Waals surface area contributed by atoms with Gasteiger partial charge in [-0.3, -0.25) is 4.79 Å².